The number of aromatic hydroxyl groups is 1. The number of hydrogen-bond donors (Lipinski definition) is 2. The van der Waals surface area contributed by atoms with Crippen LogP contribution in [0.15, 0.2) is 34.2 Å². The molecule has 0 spiro atoms. The number of halogens is 2. The summed E-state index contributed by atoms with van der Waals surface area (Å²) in [5.41, 5.74) is 0. The summed E-state index contributed by atoms with van der Waals surface area (Å²) in [6.07, 6.45) is 0.869. The summed E-state index contributed by atoms with van der Waals surface area (Å²) in [6, 6.07) is 4.42. The van der Waals surface area contributed by atoms with Gasteiger partial charge in [-0.3, -0.25) is 4.72 Å². The Morgan fingerprint density at radius 1 is 1.00 bits per heavy atom. The average Bonchev–Trinajstić information content (AvgIpc) is 2.38. The van der Waals surface area contributed by atoms with Crippen LogP contribution in [0.1, 0.15) is 0 Å². The van der Waals surface area contributed by atoms with Gasteiger partial charge in [0.2, 0.25) is 5.82 Å². The van der Waals surface area contributed by atoms with E-state index in [1.165, 1.54) is 6.07 Å². The Morgan fingerprint density at radius 2 is 1.57 bits per heavy atom. The quantitative estimate of drug-likeness (QED) is 0.803. The van der Waals surface area contributed by atoms with Crippen LogP contribution in [0.4, 0.5) is 5.82 Å². The lowest BCUT2D eigenvalue weighted by molar-refractivity contribution is 0.469. The first kappa shape index (κ1) is 17.7. The van der Waals surface area contributed by atoms with Gasteiger partial charge in [0.25, 0.3) is 10.0 Å². The maximum absolute atomic E-state index is 12.2. The van der Waals surface area contributed by atoms with Gasteiger partial charge < -0.3 is 5.11 Å². The molecule has 0 amide bonds. The lowest BCUT2D eigenvalue weighted by atomic mass is 10.4. The minimum atomic E-state index is -4.16. The van der Waals surface area contributed by atoms with E-state index in [1.54, 1.807) is 0 Å². The summed E-state index contributed by atoms with van der Waals surface area (Å²) >= 11 is 11.5. The zero-order chi connectivity index (χ0) is 17.4. The van der Waals surface area contributed by atoms with Crippen LogP contribution in [-0.2, 0) is 19.9 Å². The molecule has 2 rings (SSSR count). The van der Waals surface area contributed by atoms with Crippen molar-refractivity contribution in [3.05, 3.63) is 34.3 Å². The van der Waals surface area contributed by atoms with E-state index in [4.69, 9.17) is 23.2 Å². The molecule has 0 saturated carbocycles. The molecule has 0 aliphatic rings. The molecule has 0 aliphatic carbocycles. The van der Waals surface area contributed by atoms with Gasteiger partial charge in [0.15, 0.2) is 20.6 Å². The highest BCUT2D eigenvalue weighted by Gasteiger charge is 2.20. The van der Waals surface area contributed by atoms with Gasteiger partial charge in [-0.05, 0) is 18.2 Å². The van der Waals surface area contributed by atoms with Crippen LogP contribution in [0.3, 0.4) is 0 Å². The number of nitrogens with zero attached hydrogens (tertiary/aromatic N) is 2. The lowest BCUT2D eigenvalue weighted by Crippen LogP contribution is -2.15. The van der Waals surface area contributed by atoms with E-state index < -0.39 is 36.5 Å². The smallest absolute Gasteiger partial charge is 0.263 e. The summed E-state index contributed by atoms with van der Waals surface area (Å²) in [7, 11) is -7.85. The third-order valence-electron chi connectivity index (χ3n) is 2.51. The van der Waals surface area contributed by atoms with Crippen LogP contribution in [-0.4, -0.2) is 38.4 Å². The molecule has 0 bridgehead atoms. The Morgan fingerprint density at radius 3 is 2.04 bits per heavy atom. The van der Waals surface area contributed by atoms with Gasteiger partial charge in [-0.2, -0.15) is 0 Å². The molecule has 0 unspecified atom stereocenters. The zero-order valence-corrected chi connectivity index (χ0v) is 14.5. The van der Waals surface area contributed by atoms with Gasteiger partial charge in [0, 0.05) is 22.4 Å². The van der Waals surface area contributed by atoms with Crippen molar-refractivity contribution in [2.24, 2.45) is 0 Å². The third-order valence-corrected chi connectivity index (χ3v) is 5.22. The monoisotopic (exact) mass is 397 g/mol. The Hall–Kier alpha value is -1.62. The van der Waals surface area contributed by atoms with Crippen molar-refractivity contribution in [1.29, 1.82) is 0 Å². The van der Waals surface area contributed by atoms with Gasteiger partial charge in [-0.1, -0.05) is 23.2 Å². The second kappa shape index (κ2) is 6.11. The fraction of sp³-hybridized carbons (Fsp3) is 0.0909. The molecule has 23 heavy (non-hydrogen) atoms. The fourth-order valence-corrected chi connectivity index (χ4v) is 3.74. The molecule has 124 valence electrons. The number of nitrogens with one attached hydrogen (secondary N) is 1. The average molecular weight is 398 g/mol. The maximum Gasteiger partial charge on any atom is 0.263 e. The van der Waals surface area contributed by atoms with E-state index in [1.807, 2.05) is 4.72 Å². The van der Waals surface area contributed by atoms with E-state index in [9.17, 15) is 21.9 Å². The Balaban J connectivity index is 2.41. The summed E-state index contributed by atoms with van der Waals surface area (Å²) < 4.78 is 49.0. The predicted molar refractivity (Wildman–Crippen MR) is 84.1 cm³/mol. The van der Waals surface area contributed by atoms with Crippen LogP contribution in [0, 0.1) is 0 Å². The van der Waals surface area contributed by atoms with Crippen molar-refractivity contribution in [1.82, 2.24) is 10.2 Å². The Bertz CT molecular complexity index is 957. The molecule has 12 heteroatoms. The molecule has 0 aliphatic heterocycles. The number of hydrogen-bond acceptors (Lipinski definition) is 7. The highest BCUT2D eigenvalue weighted by Crippen LogP contribution is 2.27. The highest BCUT2D eigenvalue weighted by atomic mass is 35.5. The van der Waals surface area contributed by atoms with Crippen LogP contribution in [0.2, 0.25) is 10.0 Å². The standard InChI is InChI=1S/C11H9Cl2N3O5S2/c1-22(18,19)10-5-9(17)11(15-14-10)16-23(20,21)8-3-6(12)2-7(13)4-8/h2-5H,1H3,(H,14,17)(H,15,16). The molecule has 1 aromatic heterocycles. The molecule has 2 N–H and O–H groups in total. The summed E-state index contributed by atoms with van der Waals surface area (Å²) in [5, 5.41) is 16.1. The molecule has 1 aromatic carbocycles. The van der Waals surface area contributed by atoms with Gasteiger partial charge in [-0.15, -0.1) is 10.2 Å². The largest absolute Gasteiger partial charge is 0.504 e. The van der Waals surface area contributed by atoms with Crippen molar-refractivity contribution in [3.8, 4) is 5.75 Å². The Kier molecular flexibility index (Phi) is 4.71. The number of benzene rings is 1. The number of sulfone groups is 1. The highest BCUT2D eigenvalue weighted by molar-refractivity contribution is 7.92. The SMILES string of the molecule is CS(=O)(=O)c1cc(O)c(NS(=O)(=O)c2cc(Cl)cc(Cl)c2)nn1. The normalized spacial score (nSPS) is 12.1. The van der Waals surface area contributed by atoms with Crippen molar-refractivity contribution in [3.63, 3.8) is 0 Å². The minimum absolute atomic E-state index is 0.0978. The number of anilines is 1. The topological polar surface area (TPSA) is 126 Å². The minimum Gasteiger partial charge on any atom is -0.504 e. The van der Waals surface area contributed by atoms with Crippen molar-refractivity contribution in [2.75, 3.05) is 11.0 Å². The van der Waals surface area contributed by atoms with Crippen molar-refractivity contribution in [2.45, 2.75) is 9.92 Å². The first-order valence-corrected chi connectivity index (χ1v) is 9.88. The van der Waals surface area contributed by atoms with E-state index in [2.05, 4.69) is 10.2 Å². The lowest BCUT2D eigenvalue weighted by Gasteiger charge is -2.09. The molecule has 0 atom stereocenters. The molecular weight excluding hydrogens is 389 g/mol. The molecule has 0 saturated heterocycles. The molecule has 0 radical (unpaired) electrons. The van der Waals surface area contributed by atoms with Gasteiger partial charge in [0.1, 0.15) is 0 Å². The number of rotatable bonds is 4. The first-order chi connectivity index (χ1) is 10.5. The second-order valence-electron chi connectivity index (χ2n) is 4.40. The van der Waals surface area contributed by atoms with E-state index in [0.29, 0.717) is 0 Å². The summed E-state index contributed by atoms with van der Waals surface area (Å²) in [6.45, 7) is 0. The van der Waals surface area contributed by atoms with Crippen molar-refractivity contribution >= 4 is 48.9 Å². The number of sulfonamides is 1. The fourth-order valence-electron chi connectivity index (χ4n) is 1.49. The van der Waals surface area contributed by atoms with Crippen molar-refractivity contribution < 1.29 is 21.9 Å². The van der Waals surface area contributed by atoms with E-state index in [0.717, 1.165) is 24.5 Å². The molecule has 2 aromatic rings. The molecule has 8 nitrogen and oxygen atoms in total. The van der Waals surface area contributed by atoms with Gasteiger partial charge >= 0.3 is 0 Å². The zero-order valence-electron chi connectivity index (χ0n) is 11.4. The van der Waals surface area contributed by atoms with Crippen LogP contribution in [0.25, 0.3) is 0 Å². The second-order valence-corrected chi connectivity index (χ2v) is 8.92. The van der Waals surface area contributed by atoms with Crippen LogP contribution >= 0.6 is 23.2 Å². The van der Waals surface area contributed by atoms with Gasteiger partial charge in [0.05, 0.1) is 4.90 Å². The van der Waals surface area contributed by atoms with E-state index >= 15 is 0 Å². The van der Waals surface area contributed by atoms with Gasteiger partial charge in [-0.25, -0.2) is 16.8 Å². The summed E-state index contributed by atoms with van der Waals surface area (Å²) in [5.74, 6) is -1.23. The van der Waals surface area contributed by atoms with E-state index in [-0.39, 0.29) is 14.9 Å². The maximum atomic E-state index is 12.2. The predicted octanol–water partition coefficient (Wildman–Crippen LogP) is 1.69. The third kappa shape index (κ3) is 4.22. The summed E-state index contributed by atoms with van der Waals surface area (Å²) in [4.78, 5) is -0.261. The van der Waals surface area contributed by atoms with Crippen LogP contribution < -0.4 is 4.72 Å². The number of aromatic nitrogens is 2. The molecular formula is C11H9Cl2N3O5S2. The Labute approximate surface area is 142 Å². The first-order valence-electron chi connectivity index (χ1n) is 5.75. The molecule has 0 fully saturated rings. The van der Waals surface area contributed by atoms with Crippen LogP contribution in [0.5, 0.6) is 5.75 Å². The molecule has 1 heterocycles.